The van der Waals surface area contributed by atoms with E-state index in [1.807, 2.05) is 6.07 Å². The fraction of sp³-hybridized carbons (Fsp3) is 0.364. The number of hydrazine groups is 1. The SMILES string of the molecule is COCCCN=C(NN)Nc1c(Cl)ccc2nsnc12. The number of nitrogens with zero attached hydrogens (tertiary/aromatic N) is 3. The number of ether oxygens (including phenoxy) is 1. The Morgan fingerprint density at radius 2 is 2.35 bits per heavy atom. The van der Waals surface area contributed by atoms with Crippen LogP contribution in [0.5, 0.6) is 0 Å². The summed E-state index contributed by atoms with van der Waals surface area (Å²) >= 11 is 7.30. The average molecular weight is 315 g/mol. The molecule has 0 unspecified atom stereocenters. The zero-order valence-electron chi connectivity index (χ0n) is 10.9. The number of halogens is 1. The van der Waals surface area contributed by atoms with Gasteiger partial charge >= 0.3 is 0 Å². The number of anilines is 1. The van der Waals surface area contributed by atoms with E-state index in [1.54, 1.807) is 13.2 Å². The lowest BCUT2D eigenvalue weighted by molar-refractivity contribution is 0.197. The van der Waals surface area contributed by atoms with Gasteiger partial charge < -0.3 is 10.1 Å². The predicted octanol–water partition coefficient (Wildman–Crippen LogP) is 1.61. The first kappa shape index (κ1) is 14.9. The third-order valence-corrected chi connectivity index (χ3v) is 3.39. The molecule has 0 saturated carbocycles. The maximum absolute atomic E-state index is 6.18. The van der Waals surface area contributed by atoms with E-state index >= 15 is 0 Å². The summed E-state index contributed by atoms with van der Waals surface area (Å²) in [6.45, 7) is 1.23. The first-order chi connectivity index (χ1) is 9.76. The normalized spacial score (nSPS) is 11.8. The Hall–Kier alpha value is -1.48. The molecule has 1 heterocycles. The van der Waals surface area contributed by atoms with Crippen LogP contribution in [0.15, 0.2) is 17.1 Å². The van der Waals surface area contributed by atoms with Gasteiger partial charge in [-0.15, -0.1) is 0 Å². The molecule has 7 nitrogen and oxygen atoms in total. The third-order valence-electron chi connectivity index (χ3n) is 2.53. The minimum absolute atomic E-state index is 0.420. The fourth-order valence-corrected chi connectivity index (χ4v) is 2.33. The van der Waals surface area contributed by atoms with E-state index in [9.17, 15) is 0 Å². The highest BCUT2D eigenvalue weighted by atomic mass is 35.5. The Labute approximate surface area is 125 Å². The van der Waals surface area contributed by atoms with Crippen molar-refractivity contribution in [2.75, 3.05) is 25.6 Å². The first-order valence-electron chi connectivity index (χ1n) is 5.94. The number of methoxy groups -OCH3 is 1. The molecule has 0 atom stereocenters. The molecule has 0 fully saturated rings. The molecule has 108 valence electrons. The van der Waals surface area contributed by atoms with Crippen LogP contribution < -0.4 is 16.6 Å². The second kappa shape index (κ2) is 7.34. The van der Waals surface area contributed by atoms with Crippen LogP contribution in [0.25, 0.3) is 11.0 Å². The highest BCUT2D eigenvalue weighted by Gasteiger charge is 2.11. The van der Waals surface area contributed by atoms with Gasteiger partial charge in [0.25, 0.3) is 0 Å². The Morgan fingerprint density at radius 1 is 1.50 bits per heavy atom. The summed E-state index contributed by atoms with van der Waals surface area (Å²) in [5, 5.41) is 3.58. The van der Waals surface area contributed by atoms with Gasteiger partial charge in [0.1, 0.15) is 11.0 Å². The largest absolute Gasteiger partial charge is 0.385 e. The lowest BCUT2D eigenvalue weighted by Crippen LogP contribution is -2.36. The molecule has 9 heteroatoms. The van der Waals surface area contributed by atoms with Crippen molar-refractivity contribution in [3.63, 3.8) is 0 Å². The van der Waals surface area contributed by atoms with E-state index < -0.39 is 0 Å². The van der Waals surface area contributed by atoms with Gasteiger partial charge in [-0.05, 0) is 18.6 Å². The molecule has 0 amide bonds. The van der Waals surface area contributed by atoms with Crippen molar-refractivity contribution in [2.24, 2.45) is 10.8 Å². The molecule has 1 aromatic carbocycles. The zero-order chi connectivity index (χ0) is 14.4. The van der Waals surface area contributed by atoms with Crippen molar-refractivity contribution in [3.05, 3.63) is 17.2 Å². The minimum atomic E-state index is 0.420. The van der Waals surface area contributed by atoms with Crippen molar-refractivity contribution in [1.82, 2.24) is 14.2 Å². The Morgan fingerprint density at radius 3 is 3.10 bits per heavy atom. The summed E-state index contributed by atoms with van der Waals surface area (Å²) in [5.41, 5.74) is 4.62. The molecule has 0 aliphatic carbocycles. The number of hydrogen-bond donors (Lipinski definition) is 3. The highest BCUT2D eigenvalue weighted by molar-refractivity contribution is 7.00. The Balaban J connectivity index is 2.16. The molecule has 1 aromatic heterocycles. The zero-order valence-corrected chi connectivity index (χ0v) is 12.5. The number of hydrogen-bond acceptors (Lipinski definition) is 6. The lowest BCUT2D eigenvalue weighted by atomic mass is 10.2. The minimum Gasteiger partial charge on any atom is -0.385 e. The fourth-order valence-electron chi connectivity index (χ4n) is 1.59. The number of rotatable bonds is 5. The van der Waals surface area contributed by atoms with Gasteiger partial charge in [0.2, 0.25) is 5.96 Å². The summed E-state index contributed by atoms with van der Waals surface area (Å²) in [4.78, 5) is 4.29. The van der Waals surface area contributed by atoms with Gasteiger partial charge in [-0.25, -0.2) is 5.84 Å². The molecule has 0 saturated heterocycles. The Kier molecular flexibility index (Phi) is 5.48. The van der Waals surface area contributed by atoms with E-state index in [1.165, 1.54) is 0 Å². The van der Waals surface area contributed by atoms with Gasteiger partial charge in [-0.2, -0.15) is 8.75 Å². The summed E-state index contributed by atoms with van der Waals surface area (Å²) < 4.78 is 13.3. The van der Waals surface area contributed by atoms with Crippen LogP contribution >= 0.6 is 23.3 Å². The topological polar surface area (TPSA) is 97.5 Å². The molecule has 2 aromatic rings. The molecule has 0 aliphatic heterocycles. The number of benzene rings is 1. The first-order valence-corrected chi connectivity index (χ1v) is 7.05. The van der Waals surface area contributed by atoms with Crippen molar-refractivity contribution in [2.45, 2.75) is 6.42 Å². The monoisotopic (exact) mass is 314 g/mol. The van der Waals surface area contributed by atoms with Crippen LogP contribution in [-0.2, 0) is 4.74 Å². The highest BCUT2D eigenvalue weighted by Crippen LogP contribution is 2.29. The van der Waals surface area contributed by atoms with Crippen molar-refractivity contribution < 1.29 is 4.74 Å². The van der Waals surface area contributed by atoms with Crippen LogP contribution in [0.2, 0.25) is 5.02 Å². The van der Waals surface area contributed by atoms with Crippen LogP contribution in [-0.4, -0.2) is 35.0 Å². The predicted molar refractivity (Wildman–Crippen MR) is 82.2 cm³/mol. The van der Waals surface area contributed by atoms with Gasteiger partial charge in [-0.1, -0.05) is 11.6 Å². The maximum atomic E-state index is 6.18. The second-order valence-electron chi connectivity index (χ2n) is 3.90. The number of aliphatic imine (C=N–C) groups is 1. The summed E-state index contributed by atoms with van der Waals surface area (Å²) in [7, 11) is 1.65. The summed E-state index contributed by atoms with van der Waals surface area (Å²) in [5.74, 6) is 5.87. The van der Waals surface area contributed by atoms with Crippen LogP contribution in [0.1, 0.15) is 6.42 Å². The summed E-state index contributed by atoms with van der Waals surface area (Å²) in [6, 6.07) is 3.57. The van der Waals surface area contributed by atoms with Gasteiger partial charge in [0.05, 0.1) is 22.4 Å². The van der Waals surface area contributed by atoms with Crippen LogP contribution in [0.4, 0.5) is 5.69 Å². The van der Waals surface area contributed by atoms with E-state index in [-0.39, 0.29) is 0 Å². The Bertz CT molecular complexity index is 602. The van der Waals surface area contributed by atoms with E-state index in [0.717, 1.165) is 23.7 Å². The molecular weight excluding hydrogens is 300 g/mol. The standard InChI is InChI=1S/C11H15ClN6OS/c1-19-6-2-5-14-11(16-13)15-9-7(12)3-4-8-10(9)18-20-17-8/h3-4H,2,5-6,13H2,1H3,(H2,14,15,16). The molecule has 2 rings (SSSR count). The molecule has 0 bridgehead atoms. The van der Waals surface area contributed by atoms with E-state index in [2.05, 4.69) is 24.5 Å². The van der Waals surface area contributed by atoms with Crippen molar-refractivity contribution in [3.8, 4) is 0 Å². The smallest absolute Gasteiger partial charge is 0.210 e. The van der Waals surface area contributed by atoms with Crippen LogP contribution in [0.3, 0.4) is 0 Å². The number of aromatic nitrogens is 2. The number of guanidine groups is 1. The second-order valence-corrected chi connectivity index (χ2v) is 4.84. The lowest BCUT2D eigenvalue weighted by Gasteiger charge is -2.11. The number of fused-ring (bicyclic) bond motifs is 1. The molecule has 20 heavy (non-hydrogen) atoms. The quantitative estimate of drug-likeness (QED) is 0.255. The van der Waals surface area contributed by atoms with Gasteiger partial charge in [0, 0.05) is 20.3 Å². The average Bonchev–Trinajstić information content (AvgIpc) is 2.93. The molecule has 0 spiro atoms. The molecular formula is C11H15ClN6OS. The summed E-state index contributed by atoms with van der Waals surface area (Å²) in [6.07, 6.45) is 0.805. The molecule has 0 aliphatic rings. The van der Waals surface area contributed by atoms with Crippen molar-refractivity contribution >= 4 is 46.0 Å². The molecule has 0 radical (unpaired) electrons. The number of nitrogens with one attached hydrogen (secondary N) is 2. The third kappa shape index (κ3) is 3.54. The van der Waals surface area contributed by atoms with Gasteiger partial charge in [-0.3, -0.25) is 10.4 Å². The van der Waals surface area contributed by atoms with E-state index in [4.69, 9.17) is 22.2 Å². The van der Waals surface area contributed by atoms with E-state index in [0.29, 0.717) is 35.3 Å². The van der Waals surface area contributed by atoms with Crippen LogP contribution in [0, 0.1) is 0 Å². The van der Waals surface area contributed by atoms with Crippen molar-refractivity contribution in [1.29, 1.82) is 0 Å². The maximum Gasteiger partial charge on any atom is 0.210 e. The van der Waals surface area contributed by atoms with Gasteiger partial charge in [0.15, 0.2) is 0 Å². The molecule has 4 N–H and O–H groups in total. The number of nitrogens with two attached hydrogens (primary N) is 1.